The molecule has 42 heavy (non-hydrogen) atoms. The van der Waals surface area contributed by atoms with Crippen LogP contribution in [0, 0.1) is 0 Å². The first-order valence-electron chi connectivity index (χ1n) is 13.3. The molecule has 2 aromatic heterocycles. The molecule has 2 atom stereocenters. The second-order valence-electron chi connectivity index (χ2n) is 9.74. The number of hydrogen-bond acceptors (Lipinski definition) is 7. The van der Waals surface area contributed by atoms with E-state index in [1.54, 1.807) is 18.3 Å². The number of carbonyl (C=O) groups is 1. The summed E-state index contributed by atoms with van der Waals surface area (Å²) >= 11 is 0. The number of H-pyrrole nitrogens is 1. The van der Waals surface area contributed by atoms with Gasteiger partial charge in [-0.25, -0.2) is 4.79 Å². The minimum absolute atomic E-state index is 0.0563. The van der Waals surface area contributed by atoms with Crippen molar-refractivity contribution < 1.29 is 24.9 Å². The summed E-state index contributed by atoms with van der Waals surface area (Å²) < 4.78 is 5.97. The van der Waals surface area contributed by atoms with E-state index in [1.165, 1.54) is 12.1 Å². The molecule has 0 aliphatic heterocycles. The molecule has 5 rings (SSSR count). The first-order chi connectivity index (χ1) is 20.4. The molecule has 6 N–H and O–H groups in total. The number of aliphatic hydroxyl groups is 1. The number of phenolic OH excluding ortho intramolecular Hbond substituents is 1. The van der Waals surface area contributed by atoms with E-state index in [1.807, 2.05) is 66.7 Å². The van der Waals surface area contributed by atoms with Gasteiger partial charge in [-0.1, -0.05) is 54.6 Å². The zero-order chi connectivity index (χ0) is 29.5. The molecule has 3 aromatic carbocycles. The van der Waals surface area contributed by atoms with E-state index in [0.717, 1.165) is 22.4 Å². The second-order valence-corrected chi connectivity index (χ2v) is 9.74. The maximum atomic E-state index is 11.6. The average Bonchev–Trinajstić information content (AvgIpc) is 3.00. The second kappa shape index (κ2) is 13.0. The Kier molecular flexibility index (Phi) is 8.76. The first kappa shape index (κ1) is 28.3. The highest BCUT2D eigenvalue weighted by Gasteiger charge is 2.17. The number of nitrogens with one attached hydrogen (secondary N) is 3. The van der Waals surface area contributed by atoms with E-state index in [2.05, 4.69) is 20.6 Å². The summed E-state index contributed by atoms with van der Waals surface area (Å²) in [4.78, 5) is 30.1. The number of aromatic amines is 1. The number of aliphatic hydroxyl groups excluding tert-OH is 1. The molecule has 2 heterocycles. The Hall–Kier alpha value is -5.19. The van der Waals surface area contributed by atoms with Gasteiger partial charge in [0.1, 0.15) is 18.1 Å². The van der Waals surface area contributed by atoms with Crippen LogP contribution >= 0.6 is 0 Å². The van der Waals surface area contributed by atoms with E-state index in [-0.39, 0.29) is 30.0 Å². The van der Waals surface area contributed by atoms with Crippen molar-refractivity contribution in [1.29, 1.82) is 0 Å². The Morgan fingerprint density at radius 2 is 1.76 bits per heavy atom. The van der Waals surface area contributed by atoms with Gasteiger partial charge in [0, 0.05) is 36.3 Å². The maximum absolute atomic E-state index is 11.6. The Balaban J connectivity index is 1.16. The number of hydrogen-bond donors (Lipinski definition) is 6. The van der Waals surface area contributed by atoms with Crippen molar-refractivity contribution in [2.45, 2.75) is 25.3 Å². The zero-order valence-electron chi connectivity index (χ0n) is 22.5. The molecule has 1 unspecified atom stereocenters. The van der Waals surface area contributed by atoms with Crippen LogP contribution in [0.2, 0.25) is 0 Å². The quantitative estimate of drug-likeness (QED) is 0.137. The lowest BCUT2D eigenvalue weighted by atomic mass is 9.98. The molecule has 214 valence electrons. The minimum Gasteiger partial charge on any atom is -0.506 e. The summed E-state index contributed by atoms with van der Waals surface area (Å²) in [5, 5.41) is 36.5. The van der Waals surface area contributed by atoms with E-state index < -0.39 is 18.2 Å². The van der Waals surface area contributed by atoms with E-state index in [9.17, 15) is 24.9 Å². The van der Waals surface area contributed by atoms with E-state index in [0.29, 0.717) is 23.2 Å². The van der Waals surface area contributed by atoms with Gasteiger partial charge < -0.3 is 35.7 Å². The van der Waals surface area contributed by atoms with Gasteiger partial charge in [-0.15, -0.1) is 0 Å². The summed E-state index contributed by atoms with van der Waals surface area (Å²) in [5.41, 5.74) is 3.77. The molecule has 0 radical (unpaired) electrons. The highest BCUT2D eigenvalue weighted by Crippen LogP contribution is 2.29. The minimum atomic E-state index is -1.11. The van der Waals surface area contributed by atoms with Crippen molar-refractivity contribution in [3.63, 3.8) is 0 Å². The monoisotopic (exact) mass is 566 g/mol. The molecular weight excluding hydrogens is 536 g/mol. The highest BCUT2D eigenvalue weighted by molar-refractivity contribution is 5.87. The van der Waals surface area contributed by atoms with Crippen molar-refractivity contribution in [1.82, 2.24) is 20.6 Å². The largest absolute Gasteiger partial charge is 0.506 e. The Morgan fingerprint density at radius 1 is 0.952 bits per heavy atom. The summed E-state index contributed by atoms with van der Waals surface area (Å²) in [6.45, 7) is 0.939. The number of carboxylic acid groups (broad SMARTS) is 1. The molecule has 0 saturated carbocycles. The molecule has 0 aliphatic rings. The SMILES string of the molecule is O=C(O)N[C@@H](c1ccccc1)c1cccc(OCc2ccc(CNCC(O)c3ccc(O)c4[nH]c(=O)ccc34)nc2)c1. The molecule has 0 aliphatic carbocycles. The lowest BCUT2D eigenvalue weighted by molar-refractivity contribution is 0.175. The third-order valence-electron chi connectivity index (χ3n) is 6.79. The maximum Gasteiger partial charge on any atom is 0.405 e. The van der Waals surface area contributed by atoms with Crippen LogP contribution < -0.4 is 20.9 Å². The normalized spacial score (nSPS) is 12.5. The number of nitrogens with zero attached hydrogens (tertiary/aromatic N) is 1. The zero-order valence-corrected chi connectivity index (χ0v) is 22.5. The standard InChI is InChI=1S/C32H30N4O6/c37-27-13-11-25(26-12-14-29(39)35-31(26)27)28(38)18-33-17-23-10-9-20(16-34-23)19-42-24-8-4-7-22(15-24)30(36-32(40)41)21-5-2-1-3-6-21/h1-16,28,30,33,36-38H,17-19H2,(H,35,39)(H,40,41)/t28?,30-/m0/s1. The number of rotatable bonds is 11. The predicted octanol–water partition coefficient (Wildman–Crippen LogP) is 4.39. The Morgan fingerprint density at radius 3 is 2.52 bits per heavy atom. The number of fused-ring (bicyclic) bond motifs is 1. The number of benzene rings is 3. The number of aromatic hydroxyl groups is 1. The van der Waals surface area contributed by atoms with Gasteiger partial charge in [-0.05, 0) is 47.0 Å². The number of pyridine rings is 2. The van der Waals surface area contributed by atoms with E-state index >= 15 is 0 Å². The Bertz CT molecular complexity index is 1720. The van der Waals surface area contributed by atoms with Gasteiger partial charge in [0.15, 0.2) is 0 Å². The van der Waals surface area contributed by atoms with Crippen molar-refractivity contribution in [3.05, 3.63) is 135 Å². The van der Waals surface area contributed by atoms with Gasteiger partial charge in [0.05, 0.1) is 23.4 Å². The van der Waals surface area contributed by atoms with Crippen LogP contribution in [0.4, 0.5) is 4.79 Å². The summed E-state index contributed by atoms with van der Waals surface area (Å²) in [7, 11) is 0. The van der Waals surface area contributed by atoms with Crippen LogP contribution in [0.15, 0.2) is 102 Å². The lowest BCUT2D eigenvalue weighted by Gasteiger charge is -2.19. The third kappa shape index (κ3) is 6.92. The third-order valence-corrected chi connectivity index (χ3v) is 6.79. The van der Waals surface area contributed by atoms with Crippen LogP contribution in [0.5, 0.6) is 11.5 Å². The van der Waals surface area contributed by atoms with Gasteiger partial charge in [0.2, 0.25) is 5.56 Å². The van der Waals surface area contributed by atoms with Crippen molar-refractivity contribution in [2.75, 3.05) is 6.54 Å². The van der Waals surface area contributed by atoms with Crippen molar-refractivity contribution in [2.24, 2.45) is 0 Å². The molecule has 0 fully saturated rings. The molecule has 5 aromatic rings. The number of aromatic nitrogens is 2. The molecule has 0 saturated heterocycles. The lowest BCUT2D eigenvalue weighted by Crippen LogP contribution is -2.27. The Labute approximate surface area is 241 Å². The van der Waals surface area contributed by atoms with Crippen LogP contribution in [-0.2, 0) is 13.2 Å². The average molecular weight is 567 g/mol. The van der Waals surface area contributed by atoms with Crippen molar-refractivity contribution in [3.8, 4) is 11.5 Å². The molecule has 0 bridgehead atoms. The van der Waals surface area contributed by atoms with Crippen molar-refractivity contribution >= 4 is 17.0 Å². The predicted molar refractivity (Wildman–Crippen MR) is 157 cm³/mol. The van der Waals surface area contributed by atoms with Crippen LogP contribution in [0.3, 0.4) is 0 Å². The van der Waals surface area contributed by atoms with Crippen LogP contribution in [-0.4, -0.2) is 37.9 Å². The molecule has 1 amide bonds. The van der Waals surface area contributed by atoms with Crippen LogP contribution in [0.25, 0.3) is 10.9 Å². The van der Waals surface area contributed by atoms with Crippen LogP contribution in [0.1, 0.15) is 40.1 Å². The van der Waals surface area contributed by atoms with Gasteiger partial charge >= 0.3 is 6.09 Å². The van der Waals surface area contributed by atoms with Gasteiger partial charge in [0.25, 0.3) is 0 Å². The van der Waals surface area contributed by atoms with Gasteiger partial charge in [-0.3, -0.25) is 9.78 Å². The number of ether oxygens (including phenoxy) is 1. The molecular formula is C32H30N4O6. The fraction of sp³-hybridized carbons (Fsp3) is 0.156. The summed E-state index contributed by atoms with van der Waals surface area (Å²) in [6.07, 6.45) is -0.258. The molecule has 10 heteroatoms. The summed E-state index contributed by atoms with van der Waals surface area (Å²) in [6, 6.07) is 25.9. The molecule has 10 nitrogen and oxygen atoms in total. The van der Waals surface area contributed by atoms with Gasteiger partial charge in [-0.2, -0.15) is 0 Å². The fourth-order valence-corrected chi connectivity index (χ4v) is 4.72. The number of amides is 1. The highest BCUT2D eigenvalue weighted by atomic mass is 16.5. The summed E-state index contributed by atoms with van der Waals surface area (Å²) in [5.74, 6) is 0.547. The molecule has 0 spiro atoms. The first-order valence-corrected chi connectivity index (χ1v) is 13.3. The number of phenols is 1. The fourth-order valence-electron chi connectivity index (χ4n) is 4.72. The van der Waals surface area contributed by atoms with E-state index in [4.69, 9.17) is 4.74 Å². The topological polar surface area (TPSA) is 157 Å². The smallest absolute Gasteiger partial charge is 0.405 e.